The minimum absolute atomic E-state index is 0.241. The molecule has 0 saturated carbocycles. The van der Waals surface area contributed by atoms with Crippen LogP contribution in [0.3, 0.4) is 0 Å². The fourth-order valence-corrected chi connectivity index (χ4v) is 3.90. The topological polar surface area (TPSA) is 91.6 Å². The first-order valence-corrected chi connectivity index (χ1v) is 10.5. The Bertz CT molecular complexity index is 1110. The number of nitrogens with zero attached hydrogens (tertiary/aromatic N) is 4. The largest absolute Gasteiger partial charge is 0.384 e. The highest BCUT2D eigenvalue weighted by Crippen LogP contribution is 2.27. The minimum Gasteiger partial charge on any atom is -0.384 e. The van der Waals surface area contributed by atoms with Crippen molar-refractivity contribution in [3.05, 3.63) is 47.5 Å². The van der Waals surface area contributed by atoms with E-state index in [-0.39, 0.29) is 4.90 Å². The van der Waals surface area contributed by atoms with Crippen molar-refractivity contribution in [3.8, 4) is 0 Å². The SMILES string of the molecule is CCNc1ccc(S(=O)(=O)N(C)C)cc1NCc1cn2c(C)cc(C)nc2n1. The summed E-state index contributed by atoms with van der Waals surface area (Å²) in [4.78, 5) is 9.26. The number of anilines is 2. The van der Waals surface area contributed by atoms with Crippen LogP contribution in [-0.4, -0.2) is 47.7 Å². The van der Waals surface area contributed by atoms with E-state index >= 15 is 0 Å². The Morgan fingerprint density at radius 3 is 2.50 bits per heavy atom. The quantitative estimate of drug-likeness (QED) is 0.631. The van der Waals surface area contributed by atoms with Gasteiger partial charge in [-0.2, -0.15) is 0 Å². The van der Waals surface area contributed by atoms with E-state index in [1.54, 1.807) is 18.2 Å². The molecule has 9 heteroatoms. The molecule has 2 N–H and O–H groups in total. The third-order valence-corrected chi connectivity index (χ3v) is 6.22. The second kappa shape index (κ2) is 7.76. The molecule has 3 rings (SSSR count). The number of fused-ring (bicyclic) bond motifs is 1. The Hall–Kier alpha value is -2.65. The minimum atomic E-state index is -3.51. The van der Waals surface area contributed by atoms with E-state index in [2.05, 4.69) is 20.6 Å². The maximum absolute atomic E-state index is 12.5. The van der Waals surface area contributed by atoms with Crippen molar-refractivity contribution >= 4 is 27.2 Å². The molecule has 2 aromatic heterocycles. The van der Waals surface area contributed by atoms with Crippen LogP contribution in [0.5, 0.6) is 0 Å². The summed E-state index contributed by atoms with van der Waals surface area (Å²) in [6, 6.07) is 7.04. The summed E-state index contributed by atoms with van der Waals surface area (Å²) in [5.74, 6) is 0.658. The molecule has 0 unspecified atom stereocenters. The highest BCUT2D eigenvalue weighted by atomic mass is 32.2. The van der Waals surface area contributed by atoms with Crippen molar-refractivity contribution in [2.75, 3.05) is 31.3 Å². The summed E-state index contributed by atoms with van der Waals surface area (Å²) >= 11 is 0. The Morgan fingerprint density at radius 1 is 1.07 bits per heavy atom. The molecule has 8 nitrogen and oxygen atoms in total. The first kappa shape index (κ1) is 20.1. The van der Waals surface area contributed by atoms with Gasteiger partial charge in [0.05, 0.1) is 28.5 Å². The molecule has 3 aromatic rings. The third-order valence-electron chi connectivity index (χ3n) is 4.41. The second-order valence-electron chi connectivity index (χ2n) is 6.82. The summed E-state index contributed by atoms with van der Waals surface area (Å²) < 4.78 is 28.1. The molecule has 0 aliphatic carbocycles. The van der Waals surface area contributed by atoms with Gasteiger partial charge in [0, 0.05) is 38.2 Å². The first-order valence-electron chi connectivity index (χ1n) is 9.09. The van der Waals surface area contributed by atoms with Crippen LogP contribution in [0.1, 0.15) is 24.0 Å². The molecular weight excluding hydrogens is 376 g/mol. The van der Waals surface area contributed by atoms with Crippen molar-refractivity contribution in [2.45, 2.75) is 32.2 Å². The maximum atomic E-state index is 12.5. The summed E-state index contributed by atoms with van der Waals surface area (Å²) in [6.45, 7) is 7.13. The summed E-state index contributed by atoms with van der Waals surface area (Å²) in [5, 5.41) is 6.57. The summed E-state index contributed by atoms with van der Waals surface area (Å²) in [5.41, 5.74) is 4.36. The lowest BCUT2D eigenvalue weighted by Gasteiger charge is -2.16. The molecule has 0 amide bonds. The van der Waals surface area contributed by atoms with Crippen LogP contribution >= 0.6 is 0 Å². The number of rotatable bonds is 7. The van der Waals surface area contributed by atoms with Gasteiger partial charge in [-0.15, -0.1) is 0 Å². The van der Waals surface area contributed by atoms with Gasteiger partial charge < -0.3 is 10.6 Å². The first-order chi connectivity index (χ1) is 13.2. The number of nitrogens with one attached hydrogen (secondary N) is 2. The van der Waals surface area contributed by atoms with Crippen molar-refractivity contribution < 1.29 is 8.42 Å². The second-order valence-corrected chi connectivity index (χ2v) is 8.97. The number of aromatic nitrogens is 3. The Labute approximate surface area is 165 Å². The van der Waals surface area contributed by atoms with Gasteiger partial charge in [-0.1, -0.05) is 0 Å². The lowest BCUT2D eigenvalue weighted by Crippen LogP contribution is -2.22. The van der Waals surface area contributed by atoms with Crippen LogP contribution in [0.2, 0.25) is 0 Å². The number of hydrogen-bond donors (Lipinski definition) is 2. The van der Waals surface area contributed by atoms with Crippen LogP contribution in [-0.2, 0) is 16.6 Å². The fourth-order valence-electron chi connectivity index (χ4n) is 2.97. The third kappa shape index (κ3) is 3.95. The highest BCUT2D eigenvalue weighted by Gasteiger charge is 2.19. The molecule has 28 heavy (non-hydrogen) atoms. The van der Waals surface area contributed by atoms with Gasteiger partial charge in [0.15, 0.2) is 0 Å². The van der Waals surface area contributed by atoms with Gasteiger partial charge in [-0.05, 0) is 45.0 Å². The van der Waals surface area contributed by atoms with Gasteiger partial charge in [0.25, 0.3) is 0 Å². The van der Waals surface area contributed by atoms with Crippen molar-refractivity contribution in [1.82, 2.24) is 18.7 Å². The van der Waals surface area contributed by atoms with Crippen LogP contribution < -0.4 is 10.6 Å². The number of aryl methyl sites for hydroxylation is 2. The molecule has 2 heterocycles. The van der Waals surface area contributed by atoms with Crippen LogP contribution in [0, 0.1) is 13.8 Å². The molecular formula is C19H26N6O2S. The maximum Gasteiger partial charge on any atom is 0.242 e. The van der Waals surface area contributed by atoms with Crippen molar-refractivity contribution in [2.24, 2.45) is 0 Å². The zero-order valence-corrected chi connectivity index (χ0v) is 17.6. The molecule has 0 fully saturated rings. The van der Waals surface area contributed by atoms with Gasteiger partial charge in [-0.25, -0.2) is 22.7 Å². The van der Waals surface area contributed by atoms with E-state index in [1.807, 2.05) is 37.4 Å². The van der Waals surface area contributed by atoms with Gasteiger partial charge in [0.2, 0.25) is 15.8 Å². The number of imidazole rings is 1. The van der Waals surface area contributed by atoms with E-state index in [1.165, 1.54) is 18.4 Å². The molecule has 0 atom stereocenters. The van der Waals surface area contributed by atoms with Crippen LogP contribution in [0.25, 0.3) is 5.78 Å². The van der Waals surface area contributed by atoms with E-state index in [4.69, 9.17) is 0 Å². The van der Waals surface area contributed by atoms with Crippen molar-refractivity contribution in [3.63, 3.8) is 0 Å². The van der Waals surface area contributed by atoms with Crippen LogP contribution in [0.15, 0.2) is 35.4 Å². The fraction of sp³-hybridized carbons (Fsp3) is 0.368. The van der Waals surface area contributed by atoms with E-state index in [9.17, 15) is 8.42 Å². The number of sulfonamides is 1. The van der Waals surface area contributed by atoms with Gasteiger partial charge in [0.1, 0.15) is 0 Å². The monoisotopic (exact) mass is 402 g/mol. The standard InChI is InChI=1S/C19H26N6O2S/c1-6-20-17-8-7-16(28(26,27)24(4)5)10-18(17)21-11-15-12-25-14(3)9-13(2)22-19(25)23-15/h7-10,12,20-21H,6,11H2,1-5H3. The predicted octanol–water partition coefficient (Wildman–Crippen LogP) is 2.64. The lowest BCUT2D eigenvalue weighted by molar-refractivity contribution is 0.521. The smallest absolute Gasteiger partial charge is 0.242 e. The van der Waals surface area contributed by atoms with Crippen molar-refractivity contribution in [1.29, 1.82) is 0 Å². The van der Waals surface area contributed by atoms with Crippen LogP contribution in [0.4, 0.5) is 11.4 Å². The van der Waals surface area contributed by atoms with Gasteiger partial charge >= 0.3 is 0 Å². The molecule has 0 aliphatic rings. The highest BCUT2D eigenvalue weighted by molar-refractivity contribution is 7.89. The van der Waals surface area contributed by atoms with E-state index in [0.717, 1.165) is 29.3 Å². The normalized spacial score (nSPS) is 11.9. The average Bonchev–Trinajstić information content (AvgIpc) is 3.04. The predicted molar refractivity (Wildman–Crippen MR) is 111 cm³/mol. The molecule has 0 radical (unpaired) electrons. The zero-order chi connectivity index (χ0) is 20.5. The summed E-state index contributed by atoms with van der Waals surface area (Å²) in [7, 11) is -0.464. The lowest BCUT2D eigenvalue weighted by atomic mass is 10.2. The zero-order valence-electron chi connectivity index (χ0n) is 16.8. The molecule has 0 saturated heterocycles. The Morgan fingerprint density at radius 2 is 1.82 bits per heavy atom. The summed E-state index contributed by atoms with van der Waals surface area (Å²) in [6.07, 6.45) is 1.94. The Balaban J connectivity index is 1.91. The molecule has 1 aromatic carbocycles. The van der Waals surface area contributed by atoms with E-state index in [0.29, 0.717) is 18.0 Å². The molecule has 0 spiro atoms. The molecule has 150 valence electrons. The van der Waals surface area contributed by atoms with E-state index < -0.39 is 10.0 Å². The average molecular weight is 403 g/mol. The Kier molecular flexibility index (Phi) is 5.57. The molecule has 0 bridgehead atoms. The molecule has 0 aliphatic heterocycles. The number of benzene rings is 1. The van der Waals surface area contributed by atoms with Gasteiger partial charge in [-0.3, -0.25) is 4.40 Å². The number of hydrogen-bond acceptors (Lipinski definition) is 6.